The lowest BCUT2D eigenvalue weighted by atomic mass is 10.0. The van der Waals surface area contributed by atoms with Crippen molar-refractivity contribution in [3.63, 3.8) is 0 Å². The van der Waals surface area contributed by atoms with Crippen LogP contribution in [0.4, 0.5) is 10.5 Å². The van der Waals surface area contributed by atoms with E-state index in [2.05, 4.69) is 22.0 Å². The summed E-state index contributed by atoms with van der Waals surface area (Å²) in [5, 5.41) is 3.26. The van der Waals surface area contributed by atoms with Gasteiger partial charge in [0.1, 0.15) is 5.57 Å². The number of aromatic nitrogens is 1. The number of hydrogen-bond acceptors (Lipinski definition) is 3. The highest BCUT2D eigenvalue weighted by Crippen LogP contribution is 2.31. The predicted molar refractivity (Wildman–Crippen MR) is 137 cm³/mol. The number of imide groups is 2. The molecule has 6 nitrogen and oxygen atoms in total. The zero-order valence-electron chi connectivity index (χ0n) is 19.8. The number of amides is 4. The number of urea groups is 1. The van der Waals surface area contributed by atoms with Gasteiger partial charge in [-0.15, -0.1) is 0 Å². The summed E-state index contributed by atoms with van der Waals surface area (Å²) in [7, 11) is 0. The molecule has 0 unspecified atom stereocenters. The van der Waals surface area contributed by atoms with Gasteiger partial charge in [0.25, 0.3) is 11.8 Å². The monoisotopic (exact) mass is 463 g/mol. The van der Waals surface area contributed by atoms with Gasteiger partial charge in [0.2, 0.25) is 0 Å². The van der Waals surface area contributed by atoms with Crippen molar-refractivity contribution in [2.45, 2.75) is 27.3 Å². The molecule has 4 amide bonds. The molecule has 3 aromatic carbocycles. The lowest BCUT2D eigenvalue weighted by Gasteiger charge is -2.29. The van der Waals surface area contributed by atoms with E-state index in [4.69, 9.17) is 0 Å². The second-order valence-corrected chi connectivity index (χ2v) is 8.92. The van der Waals surface area contributed by atoms with Crippen LogP contribution in [0.3, 0.4) is 0 Å². The predicted octanol–water partition coefficient (Wildman–Crippen LogP) is 5.28. The van der Waals surface area contributed by atoms with E-state index in [1.54, 1.807) is 6.08 Å². The van der Waals surface area contributed by atoms with Crippen LogP contribution >= 0.6 is 0 Å². The van der Waals surface area contributed by atoms with Gasteiger partial charge in [-0.3, -0.25) is 14.9 Å². The highest BCUT2D eigenvalue weighted by atomic mass is 16.2. The number of rotatable bonds is 4. The van der Waals surface area contributed by atoms with Crippen molar-refractivity contribution in [3.8, 4) is 0 Å². The Labute approximate surface area is 203 Å². The molecule has 0 saturated carbocycles. The Hall–Kier alpha value is -4.45. The Morgan fingerprint density at radius 3 is 2.23 bits per heavy atom. The third-order valence-corrected chi connectivity index (χ3v) is 6.28. The third kappa shape index (κ3) is 4.04. The van der Waals surface area contributed by atoms with Crippen LogP contribution in [0, 0.1) is 20.8 Å². The second kappa shape index (κ2) is 8.72. The van der Waals surface area contributed by atoms with Crippen LogP contribution in [0.25, 0.3) is 17.0 Å². The molecule has 0 aliphatic carbocycles. The molecular formula is C29H25N3O3. The highest BCUT2D eigenvalue weighted by Gasteiger charge is 2.38. The average Bonchev–Trinajstić information content (AvgIpc) is 3.16. The lowest BCUT2D eigenvalue weighted by molar-refractivity contribution is -0.122. The van der Waals surface area contributed by atoms with Gasteiger partial charge in [0.05, 0.1) is 5.69 Å². The van der Waals surface area contributed by atoms with Crippen LogP contribution in [-0.4, -0.2) is 22.4 Å². The van der Waals surface area contributed by atoms with E-state index >= 15 is 0 Å². The van der Waals surface area contributed by atoms with E-state index in [0.717, 1.165) is 43.6 Å². The van der Waals surface area contributed by atoms with Crippen molar-refractivity contribution in [2.75, 3.05) is 4.90 Å². The lowest BCUT2D eigenvalue weighted by Crippen LogP contribution is -2.54. The average molecular weight is 464 g/mol. The Balaban J connectivity index is 1.60. The zero-order valence-corrected chi connectivity index (χ0v) is 19.8. The zero-order chi connectivity index (χ0) is 24.7. The quantitative estimate of drug-likeness (QED) is 0.331. The summed E-state index contributed by atoms with van der Waals surface area (Å²) < 4.78 is 2.10. The van der Waals surface area contributed by atoms with Gasteiger partial charge in [0, 0.05) is 29.2 Å². The van der Waals surface area contributed by atoms with E-state index < -0.39 is 17.8 Å². The van der Waals surface area contributed by atoms with E-state index in [-0.39, 0.29) is 5.57 Å². The normalized spacial score (nSPS) is 15.2. The van der Waals surface area contributed by atoms with Crippen LogP contribution in [0.1, 0.15) is 27.8 Å². The SMILES string of the molecule is Cc1cc(C)c(N2C(=O)NC(=O)C(=Cc3cn(Cc4ccccc4)c4ccccc34)C2=O)c(C)c1. The second-order valence-electron chi connectivity index (χ2n) is 8.92. The molecule has 1 saturated heterocycles. The molecule has 2 heterocycles. The smallest absolute Gasteiger partial charge is 0.335 e. The number of aryl methyl sites for hydroxylation is 3. The Kier molecular flexibility index (Phi) is 5.57. The number of nitrogens with one attached hydrogen (secondary N) is 1. The van der Waals surface area contributed by atoms with Crippen molar-refractivity contribution < 1.29 is 14.4 Å². The van der Waals surface area contributed by atoms with E-state index in [1.807, 2.05) is 81.6 Å². The van der Waals surface area contributed by atoms with Crippen molar-refractivity contribution in [1.82, 2.24) is 9.88 Å². The van der Waals surface area contributed by atoms with Crippen molar-refractivity contribution in [2.24, 2.45) is 0 Å². The number of hydrogen-bond donors (Lipinski definition) is 1. The highest BCUT2D eigenvalue weighted by molar-refractivity contribution is 6.39. The van der Waals surface area contributed by atoms with Gasteiger partial charge >= 0.3 is 6.03 Å². The van der Waals surface area contributed by atoms with E-state index in [0.29, 0.717) is 12.2 Å². The first kappa shape index (κ1) is 22.3. The standard InChI is InChI=1S/C29H25N3O3/c1-18-13-19(2)26(20(3)14-18)32-28(34)24(27(33)30-29(32)35)15-22-17-31(16-21-9-5-4-6-10-21)25-12-8-7-11-23(22)25/h4-15,17H,16H2,1-3H3,(H,30,33,35). The molecular weight excluding hydrogens is 438 g/mol. The molecule has 0 radical (unpaired) electrons. The summed E-state index contributed by atoms with van der Waals surface area (Å²) in [6.07, 6.45) is 3.52. The maximum Gasteiger partial charge on any atom is 0.335 e. The topological polar surface area (TPSA) is 71.4 Å². The number of para-hydroxylation sites is 1. The molecule has 35 heavy (non-hydrogen) atoms. The fourth-order valence-electron chi connectivity index (χ4n) is 4.84. The van der Waals surface area contributed by atoms with Crippen LogP contribution in [-0.2, 0) is 16.1 Å². The molecule has 1 fully saturated rings. The maximum absolute atomic E-state index is 13.5. The van der Waals surface area contributed by atoms with E-state index in [9.17, 15) is 14.4 Å². The first-order chi connectivity index (χ1) is 16.8. The van der Waals surface area contributed by atoms with Gasteiger partial charge in [0.15, 0.2) is 0 Å². The third-order valence-electron chi connectivity index (χ3n) is 6.28. The number of fused-ring (bicyclic) bond motifs is 1. The maximum atomic E-state index is 13.5. The van der Waals surface area contributed by atoms with Crippen LogP contribution < -0.4 is 10.2 Å². The van der Waals surface area contributed by atoms with Gasteiger partial charge in [-0.05, 0) is 49.6 Å². The van der Waals surface area contributed by atoms with Gasteiger partial charge < -0.3 is 4.57 Å². The minimum absolute atomic E-state index is 0.0772. The molecule has 1 aromatic heterocycles. The van der Waals surface area contributed by atoms with Gasteiger partial charge in [-0.2, -0.15) is 0 Å². The summed E-state index contributed by atoms with van der Waals surface area (Å²) >= 11 is 0. The largest absolute Gasteiger partial charge is 0.342 e. The minimum atomic E-state index is -0.737. The molecule has 1 aliphatic heterocycles. The summed E-state index contributed by atoms with van der Waals surface area (Å²) in [5.74, 6) is -1.33. The van der Waals surface area contributed by atoms with Gasteiger partial charge in [-0.1, -0.05) is 66.2 Å². The first-order valence-electron chi connectivity index (χ1n) is 11.4. The van der Waals surface area contributed by atoms with Crippen molar-refractivity contribution in [1.29, 1.82) is 0 Å². The number of anilines is 1. The molecule has 174 valence electrons. The van der Waals surface area contributed by atoms with E-state index in [1.165, 1.54) is 0 Å². The molecule has 1 N–H and O–H groups in total. The van der Waals surface area contributed by atoms with Crippen LogP contribution in [0.15, 0.2) is 78.5 Å². The molecule has 1 aliphatic rings. The Bertz CT molecular complexity index is 1510. The van der Waals surface area contributed by atoms with Gasteiger partial charge in [-0.25, -0.2) is 9.69 Å². The first-order valence-corrected chi connectivity index (χ1v) is 11.4. The fraction of sp³-hybridized carbons (Fsp3) is 0.138. The van der Waals surface area contributed by atoms with Crippen molar-refractivity contribution in [3.05, 3.63) is 106 Å². The summed E-state index contributed by atoms with van der Waals surface area (Å²) in [4.78, 5) is 40.2. The summed E-state index contributed by atoms with van der Waals surface area (Å²) in [6, 6.07) is 21.0. The van der Waals surface area contributed by atoms with Crippen molar-refractivity contribution >= 4 is 40.5 Å². The van der Waals surface area contributed by atoms with Crippen LogP contribution in [0.2, 0.25) is 0 Å². The molecule has 0 spiro atoms. The number of barbiturate groups is 1. The summed E-state index contributed by atoms with van der Waals surface area (Å²) in [6.45, 7) is 6.32. The molecule has 0 atom stereocenters. The number of carbonyl (C=O) groups excluding carboxylic acids is 3. The molecule has 6 heteroatoms. The number of nitrogens with zero attached hydrogens (tertiary/aromatic N) is 2. The number of carbonyl (C=O) groups is 3. The molecule has 5 rings (SSSR count). The van der Waals surface area contributed by atoms with Crippen LogP contribution in [0.5, 0.6) is 0 Å². The Morgan fingerprint density at radius 1 is 0.857 bits per heavy atom. The number of benzene rings is 3. The fourth-order valence-corrected chi connectivity index (χ4v) is 4.84. The minimum Gasteiger partial charge on any atom is -0.342 e. The molecule has 0 bridgehead atoms. The molecule has 4 aromatic rings. The Morgan fingerprint density at radius 2 is 1.51 bits per heavy atom. The summed E-state index contributed by atoms with van der Waals surface area (Å²) in [5.41, 5.74) is 5.91.